The molecule has 0 amide bonds. The minimum atomic E-state index is -4.63. The number of hydrogen-bond acceptors (Lipinski definition) is 5. The van der Waals surface area contributed by atoms with Crippen LogP contribution in [0.3, 0.4) is 0 Å². The maximum Gasteiger partial charge on any atom is 0.416 e. The molecule has 1 heterocycles. The molecule has 0 aliphatic heterocycles. The van der Waals surface area contributed by atoms with Gasteiger partial charge in [0.05, 0.1) is 31.9 Å². The van der Waals surface area contributed by atoms with Gasteiger partial charge in [-0.3, -0.25) is 9.44 Å². The highest BCUT2D eigenvalue weighted by Gasteiger charge is 2.31. The first-order valence-corrected chi connectivity index (χ1v) is 12.7. The standard InChI is InChI=1S/C17H11Cl2F3N2O4S3/c18-12-8-14(15(9-13(12)19)24-31(27,28)16-2-1-7-29-16)23-30(25,26)11-5-3-10(4-6-11)17(20,21)22/h1-9,23-24H. The number of thiophene rings is 1. The van der Waals surface area contributed by atoms with Crippen LogP contribution in [0.4, 0.5) is 24.5 Å². The molecule has 3 aromatic rings. The second-order valence-electron chi connectivity index (χ2n) is 5.98. The lowest BCUT2D eigenvalue weighted by Crippen LogP contribution is -2.17. The number of halogens is 5. The molecule has 2 N–H and O–H groups in total. The summed E-state index contributed by atoms with van der Waals surface area (Å²) in [6.45, 7) is 0. The zero-order chi connectivity index (χ0) is 23.0. The zero-order valence-electron chi connectivity index (χ0n) is 14.9. The van der Waals surface area contributed by atoms with Crippen molar-refractivity contribution in [2.75, 3.05) is 9.44 Å². The van der Waals surface area contributed by atoms with Crippen LogP contribution in [0.2, 0.25) is 10.0 Å². The first-order valence-electron chi connectivity index (χ1n) is 8.05. The lowest BCUT2D eigenvalue weighted by Gasteiger charge is -2.16. The molecule has 6 nitrogen and oxygen atoms in total. The van der Waals surface area contributed by atoms with Gasteiger partial charge in [0.1, 0.15) is 4.21 Å². The Labute approximate surface area is 189 Å². The average molecular weight is 531 g/mol. The van der Waals surface area contributed by atoms with Gasteiger partial charge in [0.25, 0.3) is 20.0 Å². The van der Waals surface area contributed by atoms with Gasteiger partial charge in [0, 0.05) is 0 Å². The molecule has 166 valence electrons. The highest BCUT2D eigenvalue weighted by atomic mass is 35.5. The van der Waals surface area contributed by atoms with Crippen LogP contribution in [0.25, 0.3) is 0 Å². The van der Waals surface area contributed by atoms with E-state index >= 15 is 0 Å². The lowest BCUT2D eigenvalue weighted by molar-refractivity contribution is -0.137. The summed E-state index contributed by atoms with van der Waals surface area (Å²) in [6, 6.07) is 7.83. The molecule has 0 aliphatic carbocycles. The van der Waals surface area contributed by atoms with Crippen LogP contribution in [-0.4, -0.2) is 16.8 Å². The number of hydrogen-bond donors (Lipinski definition) is 2. The molecule has 0 bridgehead atoms. The molecular weight excluding hydrogens is 520 g/mol. The second-order valence-corrected chi connectivity index (χ2v) is 11.3. The van der Waals surface area contributed by atoms with Crippen molar-refractivity contribution in [3.05, 3.63) is 69.5 Å². The van der Waals surface area contributed by atoms with Gasteiger partial charge in [0.2, 0.25) is 0 Å². The predicted molar refractivity (Wildman–Crippen MR) is 114 cm³/mol. The van der Waals surface area contributed by atoms with Gasteiger partial charge in [-0.05, 0) is 47.8 Å². The summed E-state index contributed by atoms with van der Waals surface area (Å²) >= 11 is 12.8. The van der Waals surface area contributed by atoms with E-state index < -0.39 is 36.7 Å². The monoisotopic (exact) mass is 530 g/mol. The molecule has 0 saturated heterocycles. The quantitative estimate of drug-likeness (QED) is 0.429. The Bertz CT molecular complexity index is 1310. The molecule has 0 saturated carbocycles. The summed E-state index contributed by atoms with van der Waals surface area (Å²) in [7, 11) is -8.45. The van der Waals surface area contributed by atoms with Gasteiger partial charge >= 0.3 is 6.18 Å². The average Bonchev–Trinajstić information content (AvgIpc) is 3.21. The lowest BCUT2D eigenvalue weighted by atomic mass is 10.2. The zero-order valence-corrected chi connectivity index (χ0v) is 18.9. The third-order valence-electron chi connectivity index (χ3n) is 3.80. The fourth-order valence-corrected chi connectivity index (χ4v) is 5.82. The van der Waals surface area contributed by atoms with E-state index in [2.05, 4.69) is 9.44 Å². The van der Waals surface area contributed by atoms with Crippen molar-refractivity contribution >= 4 is 66.0 Å². The molecular formula is C17H11Cl2F3N2O4S3. The Morgan fingerprint density at radius 3 is 1.77 bits per heavy atom. The first kappa shape index (κ1) is 23.7. The van der Waals surface area contributed by atoms with Gasteiger partial charge in [0.15, 0.2) is 0 Å². The Kier molecular flexibility index (Phi) is 6.50. The number of rotatable bonds is 6. The fraction of sp³-hybridized carbons (Fsp3) is 0.0588. The molecule has 0 aliphatic rings. The van der Waals surface area contributed by atoms with Crippen molar-refractivity contribution in [1.29, 1.82) is 0 Å². The highest BCUT2D eigenvalue weighted by Crippen LogP contribution is 2.36. The SMILES string of the molecule is O=S(=O)(Nc1cc(Cl)c(Cl)cc1NS(=O)(=O)c1cccs1)c1ccc(C(F)(F)F)cc1. The van der Waals surface area contributed by atoms with Gasteiger partial charge in [-0.1, -0.05) is 29.3 Å². The first-order chi connectivity index (χ1) is 14.3. The smallest absolute Gasteiger partial charge is 0.277 e. The van der Waals surface area contributed by atoms with Gasteiger partial charge in [-0.2, -0.15) is 13.2 Å². The van der Waals surface area contributed by atoms with E-state index in [-0.39, 0.29) is 25.6 Å². The van der Waals surface area contributed by atoms with Gasteiger partial charge < -0.3 is 0 Å². The van der Waals surface area contributed by atoms with Gasteiger partial charge in [-0.25, -0.2) is 16.8 Å². The van der Waals surface area contributed by atoms with E-state index in [4.69, 9.17) is 23.2 Å². The topological polar surface area (TPSA) is 92.3 Å². The number of benzene rings is 2. The molecule has 1 aromatic heterocycles. The van der Waals surface area contributed by atoms with E-state index in [1.54, 1.807) is 0 Å². The van der Waals surface area contributed by atoms with Crippen molar-refractivity contribution in [1.82, 2.24) is 0 Å². The Morgan fingerprint density at radius 2 is 1.32 bits per heavy atom. The summed E-state index contributed by atoms with van der Waals surface area (Å²) in [4.78, 5) is -0.473. The van der Waals surface area contributed by atoms with E-state index in [9.17, 15) is 30.0 Å². The number of nitrogens with one attached hydrogen (secondary N) is 2. The molecule has 31 heavy (non-hydrogen) atoms. The summed E-state index contributed by atoms with van der Waals surface area (Å²) in [5.41, 5.74) is -1.52. The van der Waals surface area contributed by atoms with Crippen LogP contribution in [0, 0.1) is 0 Å². The molecule has 0 fully saturated rings. The minimum absolute atomic E-state index is 0.0323. The molecule has 0 spiro atoms. The predicted octanol–water partition coefficient (Wildman–Crippen LogP) is 5.68. The van der Waals surface area contributed by atoms with Crippen LogP contribution >= 0.6 is 34.5 Å². The largest absolute Gasteiger partial charge is 0.416 e. The number of anilines is 2. The van der Waals surface area contributed by atoms with Crippen LogP contribution in [0.1, 0.15) is 5.56 Å². The molecule has 0 unspecified atom stereocenters. The van der Waals surface area contributed by atoms with Crippen LogP contribution in [-0.2, 0) is 26.2 Å². The summed E-state index contributed by atoms with van der Waals surface area (Å²) in [5, 5.41) is 1.41. The number of sulfonamides is 2. The van der Waals surface area contributed by atoms with E-state index in [1.807, 2.05) is 0 Å². The summed E-state index contributed by atoms with van der Waals surface area (Å²) in [6.07, 6.45) is -4.63. The molecule has 0 atom stereocenters. The third kappa shape index (κ3) is 5.44. The molecule has 3 rings (SSSR count). The van der Waals surface area contributed by atoms with Crippen molar-refractivity contribution in [3.63, 3.8) is 0 Å². The Hall–Kier alpha value is -1.99. The summed E-state index contributed by atoms with van der Waals surface area (Å²) < 4.78 is 92.8. The van der Waals surface area contributed by atoms with Crippen molar-refractivity contribution in [3.8, 4) is 0 Å². The van der Waals surface area contributed by atoms with Crippen molar-refractivity contribution in [2.45, 2.75) is 15.3 Å². The fourth-order valence-electron chi connectivity index (χ4n) is 2.35. The van der Waals surface area contributed by atoms with Crippen LogP contribution in [0.15, 0.2) is 63.0 Å². The van der Waals surface area contributed by atoms with E-state index in [1.165, 1.54) is 17.5 Å². The molecule has 14 heteroatoms. The van der Waals surface area contributed by atoms with Crippen molar-refractivity contribution in [2.24, 2.45) is 0 Å². The van der Waals surface area contributed by atoms with Crippen molar-refractivity contribution < 1.29 is 30.0 Å². The number of alkyl halides is 3. The maximum absolute atomic E-state index is 12.7. The maximum atomic E-state index is 12.7. The van der Waals surface area contributed by atoms with E-state index in [0.29, 0.717) is 12.1 Å². The van der Waals surface area contributed by atoms with E-state index in [0.717, 1.165) is 35.6 Å². The molecule has 2 aromatic carbocycles. The Balaban J connectivity index is 1.98. The minimum Gasteiger partial charge on any atom is -0.277 e. The normalized spacial score (nSPS) is 12.5. The molecule has 0 radical (unpaired) electrons. The Morgan fingerprint density at radius 1 is 0.806 bits per heavy atom. The second kappa shape index (κ2) is 8.51. The van der Waals surface area contributed by atoms with Crippen LogP contribution < -0.4 is 9.44 Å². The highest BCUT2D eigenvalue weighted by molar-refractivity contribution is 7.94. The van der Waals surface area contributed by atoms with Gasteiger partial charge in [-0.15, -0.1) is 11.3 Å². The van der Waals surface area contributed by atoms with Crippen LogP contribution in [0.5, 0.6) is 0 Å². The third-order valence-corrected chi connectivity index (χ3v) is 8.67. The summed E-state index contributed by atoms with van der Waals surface area (Å²) in [5.74, 6) is 0.